The van der Waals surface area contributed by atoms with E-state index in [4.69, 9.17) is 0 Å². The highest BCUT2D eigenvalue weighted by Gasteiger charge is 2.69. The molecule has 0 spiro atoms. The van der Waals surface area contributed by atoms with Gasteiger partial charge in [0.2, 0.25) is 11.8 Å². The maximum Gasteiger partial charge on any atom is 0.396 e. The van der Waals surface area contributed by atoms with E-state index < -0.39 is 40.8 Å². The number of nitrogens with one attached hydrogen (secondary N) is 1. The van der Waals surface area contributed by atoms with Crippen molar-refractivity contribution in [3.8, 4) is 10.4 Å². The SMILES string of the molecule is CS[C@H](C(=O)N1C[C@H](O)C[C@H]1C(=O)NCc1ccc(-c2scnc2C)cc1)C1(C(F)(F)F)CC1. The third-order valence-corrected chi connectivity index (χ3v) is 8.71. The first-order chi connectivity index (χ1) is 16.1. The van der Waals surface area contributed by atoms with Gasteiger partial charge in [0.1, 0.15) is 6.04 Å². The number of carbonyl (C=O) groups excluding carboxylic acids is 2. The molecule has 1 saturated heterocycles. The fourth-order valence-electron chi connectivity index (χ4n) is 4.51. The molecule has 34 heavy (non-hydrogen) atoms. The number of aliphatic hydroxyl groups excluding tert-OH is 1. The van der Waals surface area contributed by atoms with Crippen molar-refractivity contribution < 1.29 is 27.9 Å². The van der Waals surface area contributed by atoms with Gasteiger partial charge in [-0.1, -0.05) is 24.3 Å². The first-order valence-corrected chi connectivity index (χ1v) is 13.1. The number of β-amino-alcohol motifs (C(OH)–C–C–N with tert-alkyl or cyclic N) is 1. The van der Waals surface area contributed by atoms with Gasteiger partial charge in [0.05, 0.1) is 32.9 Å². The summed E-state index contributed by atoms with van der Waals surface area (Å²) >= 11 is 2.40. The van der Waals surface area contributed by atoms with Crippen molar-refractivity contribution in [2.75, 3.05) is 12.8 Å². The van der Waals surface area contributed by atoms with Crippen LogP contribution in [0.1, 0.15) is 30.5 Å². The summed E-state index contributed by atoms with van der Waals surface area (Å²) in [5.74, 6) is -1.22. The van der Waals surface area contributed by atoms with Crippen LogP contribution in [-0.4, -0.2) is 63.2 Å². The van der Waals surface area contributed by atoms with Crippen molar-refractivity contribution >= 4 is 34.9 Å². The van der Waals surface area contributed by atoms with Crippen LogP contribution in [-0.2, 0) is 16.1 Å². The first kappa shape index (κ1) is 25.0. The van der Waals surface area contributed by atoms with Gasteiger partial charge >= 0.3 is 6.18 Å². The minimum Gasteiger partial charge on any atom is -0.391 e. The zero-order chi connectivity index (χ0) is 24.7. The van der Waals surface area contributed by atoms with E-state index in [2.05, 4.69) is 10.3 Å². The van der Waals surface area contributed by atoms with Gasteiger partial charge in [-0.3, -0.25) is 9.59 Å². The van der Waals surface area contributed by atoms with E-state index in [1.807, 2.05) is 31.2 Å². The molecule has 184 valence electrons. The van der Waals surface area contributed by atoms with Crippen LogP contribution in [0.3, 0.4) is 0 Å². The van der Waals surface area contributed by atoms with Crippen molar-refractivity contribution in [1.82, 2.24) is 15.2 Å². The second kappa shape index (κ2) is 9.50. The number of hydrogen-bond donors (Lipinski definition) is 2. The molecule has 2 amide bonds. The minimum absolute atomic E-state index is 0.00127. The number of nitrogens with zero attached hydrogens (tertiary/aromatic N) is 2. The zero-order valence-electron chi connectivity index (χ0n) is 18.8. The molecule has 0 radical (unpaired) electrons. The number of aliphatic hydroxyl groups is 1. The Labute approximate surface area is 203 Å². The van der Waals surface area contributed by atoms with E-state index in [1.54, 1.807) is 16.8 Å². The number of hydrogen-bond acceptors (Lipinski definition) is 6. The van der Waals surface area contributed by atoms with E-state index in [-0.39, 0.29) is 32.4 Å². The molecule has 2 N–H and O–H groups in total. The highest BCUT2D eigenvalue weighted by atomic mass is 32.2. The Morgan fingerprint density at radius 3 is 2.53 bits per heavy atom. The third kappa shape index (κ3) is 4.70. The second-order valence-electron chi connectivity index (χ2n) is 8.85. The minimum atomic E-state index is -4.49. The van der Waals surface area contributed by atoms with Gasteiger partial charge in [0.15, 0.2) is 0 Å². The lowest BCUT2D eigenvalue weighted by molar-refractivity contribution is -0.190. The number of likely N-dealkylation sites (tertiary alicyclic amines) is 1. The van der Waals surface area contributed by atoms with Crippen molar-refractivity contribution in [2.45, 2.75) is 56.3 Å². The van der Waals surface area contributed by atoms with Gasteiger partial charge in [0, 0.05) is 19.5 Å². The Balaban J connectivity index is 1.42. The van der Waals surface area contributed by atoms with E-state index >= 15 is 0 Å². The number of aryl methyl sites for hydroxylation is 1. The summed E-state index contributed by atoms with van der Waals surface area (Å²) < 4.78 is 40.9. The quantitative estimate of drug-likeness (QED) is 0.589. The van der Waals surface area contributed by atoms with E-state index in [0.29, 0.717) is 0 Å². The summed E-state index contributed by atoms with van der Waals surface area (Å²) in [6.45, 7) is 1.99. The van der Waals surface area contributed by atoms with Gasteiger partial charge in [-0.15, -0.1) is 11.3 Å². The maximum absolute atomic E-state index is 13.6. The Kier molecular flexibility index (Phi) is 6.99. The monoisotopic (exact) mass is 513 g/mol. The molecular formula is C23H26F3N3O3S2. The van der Waals surface area contributed by atoms with Crippen LogP contribution in [0.4, 0.5) is 13.2 Å². The van der Waals surface area contributed by atoms with Crippen LogP contribution in [0.5, 0.6) is 0 Å². The molecule has 4 rings (SSSR count). The largest absolute Gasteiger partial charge is 0.396 e. The Morgan fingerprint density at radius 2 is 2.00 bits per heavy atom. The molecule has 1 aromatic carbocycles. The average molecular weight is 514 g/mol. The van der Waals surface area contributed by atoms with Crippen LogP contribution in [0, 0.1) is 12.3 Å². The smallest absolute Gasteiger partial charge is 0.391 e. The predicted octanol–water partition coefficient (Wildman–Crippen LogP) is 3.77. The van der Waals surface area contributed by atoms with E-state index in [1.165, 1.54) is 6.26 Å². The summed E-state index contributed by atoms with van der Waals surface area (Å²) in [6, 6.07) is 6.63. The molecule has 1 saturated carbocycles. The summed E-state index contributed by atoms with van der Waals surface area (Å²) in [4.78, 5) is 32.5. The third-order valence-electron chi connectivity index (χ3n) is 6.61. The molecule has 2 fully saturated rings. The molecule has 0 bridgehead atoms. The molecule has 3 atom stereocenters. The van der Waals surface area contributed by atoms with Crippen molar-refractivity contribution in [1.29, 1.82) is 0 Å². The number of carbonyl (C=O) groups is 2. The number of thioether (sulfide) groups is 1. The number of thiazole rings is 1. The van der Waals surface area contributed by atoms with Gasteiger partial charge in [-0.05, 0) is 37.1 Å². The second-order valence-corrected chi connectivity index (χ2v) is 10.6. The Hall–Kier alpha value is -2.11. The first-order valence-electron chi connectivity index (χ1n) is 10.9. The zero-order valence-corrected chi connectivity index (χ0v) is 20.4. The lowest BCUT2D eigenvalue weighted by Crippen LogP contribution is -2.52. The lowest BCUT2D eigenvalue weighted by Gasteiger charge is -2.32. The van der Waals surface area contributed by atoms with Gasteiger partial charge in [-0.25, -0.2) is 4.98 Å². The molecular weight excluding hydrogens is 487 g/mol. The normalized spacial score (nSPS) is 22.5. The van der Waals surface area contributed by atoms with E-state index in [0.717, 1.165) is 38.4 Å². The summed E-state index contributed by atoms with van der Waals surface area (Å²) in [5, 5.41) is 11.6. The molecule has 2 heterocycles. The molecule has 6 nitrogen and oxygen atoms in total. The Morgan fingerprint density at radius 1 is 1.32 bits per heavy atom. The van der Waals surface area contributed by atoms with Crippen molar-refractivity contribution in [3.05, 3.63) is 41.0 Å². The highest BCUT2D eigenvalue weighted by molar-refractivity contribution is 8.00. The number of benzene rings is 1. The Bertz CT molecular complexity index is 1050. The van der Waals surface area contributed by atoms with Crippen molar-refractivity contribution in [3.63, 3.8) is 0 Å². The number of amides is 2. The van der Waals surface area contributed by atoms with Crippen LogP contribution >= 0.6 is 23.1 Å². The standard InChI is InChI=1S/C23H26F3N3O3S2/c1-13-18(34-12-28-13)15-5-3-14(4-6-15)10-27-20(31)17-9-16(30)11-29(17)21(32)19(33-2)22(7-8-22)23(24,25)26/h3-6,12,16-17,19,30H,7-11H2,1-2H3,(H,27,31)/t16-,17+,19-/m1/s1. The average Bonchev–Trinajstić information content (AvgIpc) is 3.35. The number of halogens is 3. The van der Waals surface area contributed by atoms with Gasteiger partial charge < -0.3 is 15.3 Å². The van der Waals surface area contributed by atoms with Crippen molar-refractivity contribution in [2.24, 2.45) is 5.41 Å². The van der Waals surface area contributed by atoms with E-state index in [9.17, 15) is 27.9 Å². The van der Waals surface area contributed by atoms with Crippen LogP contribution in [0.25, 0.3) is 10.4 Å². The molecule has 1 aromatic heterocycles. The molecule has 11 heteroatoms. The molecule has 2 aliphatic rings. The van der Waals surface area contributed by atoms with Crippen LogP contribution in [0.2, 0.25) is 0 Å². The summed E-state index contributed by atoms with van der Waals surface area (Å²) in [7, 11) is 0. The highest BCUT2D eigenvalue weighted by Crippen LogP contribution is 2.62. The fourth-order valence-corrected chi connectivity index (χ4v) is 6.48. The molecule has 0 unspecified atom stereocenters. The number of alkyl halides is 3. The number of aromatic nitrogens is 1. The molecule has 1 aliphatic heterocycles. The topological polar surface area (TPSA) is 82.5 Å². The fraction of sp³-hybridized carbons (Fsp3) is 0.522. The lowest BCUT2D eigenvalue weighted by atomic mass is 9.99. The maximum atomic E-state index is 13.6. The summed E-state index contributed by atoms with van der Waals surface area (Å²) in [6.07, 6.45) is -4.16. The van der Waals surface area contributed by atoms with Crippen LogP contribution < -0.4 is 5.32 Å². The molecule has 1 aliphatic carbocycles. The summed E-state index contributed by atoms with van der Waals surface area (Å²) in [5.41, 5.74) is 2.54. The van der Waals surface area contributed by atoms with Crippen LogP contribution in [0.15, 0.2) is 29.8 Å². The predicted molar refractivity (Wildman–Crippen MR) is 125 cm³/mol. The van der Waals surface area contributed by atoms with Gasteiger partial charge in [0.25, 0.3) is 0 Å². The number of rotatable bonds is 7. The van der Waals surface area contributed by atoms with Gasteiger partial charge in [-0.2, -0.15) is 24.9 Å². The molecule has 2 aromatic rings.